The van der Waals surface area contributed by atoms with Crippen molar-refractivity contribution in [3.05, 3.63) is 53.9 Å². The van der Waals surface area contributed by atoms with Gasteiger partial charge in [0, 0.05) is 25.0 Å². The standard InChI is InChI=1S/C20H29N5/c1-2-21-20(24-19-10-4-3-5-11-19)22-15-17-8-6-9-18(14-17)16-25-13-7-12-23-25/h6-9,12-14,19H,2-5,10-11,15-16H2,1H3,(H2,21,22,24). The Balaban J connectivity index is 1.61. The van der Waals surface area contributed by atoms with Crippen molar-refractivity contribution in [3.8, 4) is 0 Å². The van der Waals surface area contributed by atoms with Gasteiger partial charge in [-0.25, -0.2) is 4.99 Å². The third kappa shape index (κ3) is 5.62. The van der Waals surface area contributed by atoms with Crippen molar-refractivity contribution in [3.63, 3.8) is 0 Å². The Morgan fingerprint density at radius 3 is 2.80 bits per heavy atom. The summed E-state index contributed by atoms with van der Waals surface area (Å²) in [4.78, 5) is 4.79. The smallest absolute Gasteiger partial charge is 0.191 e. The molecule has 2 aromatic rings. The molecule has 1 aliphatic rings. The van der Waals surface area contributed by atoms with Gasteiger partial charge in [-0.1, -0.05) is 43.5 Å². The van der Waals surface area contributed by atoms with E-state index in [2.05, 4.69) is 46.9 Å². The molecule has 25 heavy (non-hydrogen) atoms. The molecule has 0 unspecified atom stereocenters. The van der Waals surface area contributed by atoms with E-state index in [0.717, 1.165) is 19.0 Å². The quantitative estimate of drug-likeness (QED) is 0.627. The summed E-state index contributed by atoms with van der Waals surface area (Å²) < 4.78 is 1.94. The van der Waals surface area contributed by atoms with Crippen molar-refractivity contribution in [1.82, 2.24) is 20.4 Å². The minimum absolute atomic E-state index is 0.567. The zero-order valence-corrected chi connectivity index (χ0v) is 15.1. The van der Waals surface area contributed by atoms with Crippen molar-refractivity contribution in [2.45, 2.75) is 58.2 Å². The molecule has 1 heterocycles. The second-order valence-corrected chi connectivity index (χ2v) is 6.70. The van der Waals surface area contributed by atoms with E-state index in [-0.39, 0.29) is 0 Å². The van der Waals surface area contributed by atoms with Gasteiger partial charge in [0.05, 0.1) is 13.1 Å². The lowest BCUT2D eigenvalue weighted by molar-refractivity contribution is 0.410. The van der Waals surface area contributed by atoms with Gasteiger partial charge >= 0.3 is 0 Å². The van der Waals surface area contributed by atoms with Crippen LogP contribution in [-0.4, -0.2) is 28.3 Å². The Labute approximate surface area is 150 Å². The minimum atomic E-state index is 0.567. The van der Waals surface area contributed by atoms with Crippen LogP contribution in [0.4, 0.5) is 0 Å². The average Bonchev–Trinajstić information content (AvgIpc) is 3.14. The van der Waals surface area contributed by atoms with Crippen molar-refractivity contribution < 1.29 is 0 Å². The summed E-state index contributed by atoms with van der Waals surface area (Å²) >= 11 is 0. The number of nitrogens with zero attached hydrogens (tertiary/aromatic N) is 3. The highest BCUT2D eigenvalue weighted by atomic mass is 15.3. The maximum Gasteiger partial charge on any atom is 0.191 e. The van der Waals surface area contributed by atoms with Crippen LogP contribution >= 0.6 is 0 Å². The SMILES string of the molecule is CCNC(=NCc1cccc(Cn2cccn2)c1)NC1CCCCC1. The fraction of sp³-hybridized carbons (Fsp3) is 0.500. The van der Waals surface area contributed by atoms with Gasteiger partial charge < -0.3 is 10.6 Å². The van der Waals surface area contributed by atoms with Crippen LogP contribution in [0.5, 0.6) is 0 Å². The van der Waals surface area contributed by atoms with Crippen molar-refractivity contribution in [2.24, 2.45) is 4.99 Å². The Kier molecular flexibility index (Phi) is 6.48. The zero-order valence-electron chi connectivity index (χ0n) is 15.1. The molecule has 0 atom stereocenters. The molecule has 134 valence electrons. The number of aromatic nitrogens is 2. The average molecular weight is 339 g/mol. The molecule has 1 fully saturated rings. The lowest BCUT2D eigenvalue weighted by atomic mass is 9.96. The predicted molar refractivity (Wildman–Crippen MR) is 103 cm³/mol. The van der Waals surface area contributed by atoms with Crippen LogP contribution in [0.2, 0.25) is 0 Å². The number of hydrogen-bond donors (Lipinski definition) is 2. The maximum absolute atomic E-state index is 4.79. The molecule has 5 nitrogen and oxygen atoms in total. The summed E-state index contributed by atoms with van der Waals surface area (Å²) in [6.45, 7) is 4.49. The molecule has 3 rings (SSSR count). The number of benzene rings is 1. The molecule has 0 bridgehead atoms. The molecular weight excluding hydrogens is 310 g/mol. The van der Waals surface area contributed by atoms with Crippen LogP contribution in [-0.2, 0) is 13.1 Å². The predicted octanol–water partition coefficient (Wildman–Crippen LogP) is 3.32. The fourth-order valence-electron chi connectivity index (χ4n) is 3.34. The van der Waals surface area contributed by atoms with Gasteiger partial charge in [0.2, 0.25) is 0 Å². The summed E-state index contributed by atoms with van der Waals surface area (Å²) in [5.74, 6) is 0.937. The van der Waals surface area contributed by atoms with E-state index < -0.39 is 0 Å². The van der Waals surface area contributed by atoms with Crippen molar-refractivity contribution in [2.75, 3.05) is 6.54 Å². The van der Waals surface area contributed by atoms with Crippen LogP contribution in [0.3, 0.4) is 0 Å². The van der Waals surface area contributed by atoms with E-state index in [1.54, 1.807) is 0 Å². The first-order chi connectivity index (χ1) is 12.3. The number of aliphatic imine (C=N–C) groups is 1. The van der Waals surface area contributed by atoms with E-state index in [1.165, 1.54) is 43.2 Å². The van der Waals surface area contributed by atoms with Gasteiger partial charge in [0.1, 0.15) is 0 Å². The molecule has 0 saturated heterocycles. The number of rotatable bonds is 6. The molecule has 1 aliphatic carbocycles. The first-order valence-corrected chi connectivity index (χ1v) is 9.43. The molecule has 2 N–H and O–H groups in total. The Hall–Kier alpha value is -2.30. The third-order valence-electron chi connectivity index (χ3n) is 4.61. The first kappa shape index (κ1) is 17.5. The Morgan fingerprint density at radius 2 is 2.04 bits per heavy atom. The Morgan fingerprint density at radius 1 is 1.20 bits per heavy atom. The molecule has 1 aromatic heterocycles. The number of hydrogen-bond acceptors (Lipinski definition) is 2. The topological polar surface area (TPSA) is 54.2 Å². The fourth-order valence-corrected chi connectivity index (χ4v) is 3.34. The summed E-state index contributed by atoms with van der Waals surface area (Å²) in [5, 5.41) is 11.3. The molecule has 1 aromatic carbocycles. The zero-order chi connectivity index (χ0) is 17.3. The first-order valence-electron chi connectivity index (χ1n) is 9.43. The van der Waals surface area contributed by atoms with Crippen molar-refractivity contribution in [1.29, 1.82) is 0 Å². The largest absolute Gasteiger partial charge is 0.357 e. The van der Waals surface area contributed by atoms with E-state index in [4.69, 9.17) is 4.99 Å². The van der Waals surface area contributed by atoms with Gasteiger partial charge in [0.15, 0.2) is 5.96 Å². The van der Waals surface area contributed by atoms with Crippen molar-refractivity contribution >= 4 is 5.96 Å². The van der Waals surface area contributed by atoms with E-state index >= 15 is 0 Å². The van der Waals surface area contributed by atoms with Gasteiger partial charge in [-0.2, -0.15) is 5.10 Å². The second-order valence-electron chi connectivity index (χ2n) is 6.70. The van der Waals surface area contributed by atoms with Gasteiger partial charge in [-0.05, 0) is 37.0 Å². The lowest BCUT2D eigenvalue weighted by Crippen LogP contribution is -2.44. The highest BCUT2D eigenvalue weighted by Gasteiger charge is 2.14. The van der Waals surface area contributed by atoms with Gasteiger partial charge in [-0.15, -0.1) is 0 Å². The molecular formula is C20H29N5. The van der Waals surface area contributed by atoms with Gasteiger partial charge in [0.25, 0.3) is 0 Å². The molecule has 0 amide bonds. The second kappa shape index (κ2) is 9.25. The van der Waals surface area contributed by atoms with Crippen LogP contribution in [0.25, 0.3) is 0 Å². The van der Waals surface area contributed by atoms with E-state index in [0.29, 0.717) is 12.6 Å². The molecule has 1 saturated carbocycles. The Bertz CT molecular complexity index is 656. The lowest BCUT2D eigenvalue weighted by Gasteiger charge is -2.24. The highest BCUT2D eigenvalue weighted by Crippen LogP contribution is 2.17. The van der Waals surface area contributed by atoms with Crippen LogP contribution in [0.15, 0.2) is 47.7 Å². The molecule has 0 aliphatic heterocycles. The number of nitrogens with one attached hydrogen (secondary N) is 2. The summed E-state index contributed by atoms with van der Waals surface area (Å²) in [5.41, 5.74) is 2.48. The summed E-state index contributed by atoms with van der Waals surface area (Å²) in [7, 11) is 0. The van der Waals surface area contributed by atoms with Crippen LogP contribution in [0, 0.1) is 0 Å². The molecule has 5 heteroatoms. The summed E-state index contributed by atoms with van der Waals surface area (Å²) in [6.07, 6.45) is 10.3. The normalized spacial score (nSPS) is 16.0. The molecule has 0 spiro atoms. The monoisotopic (exact) mass is 339 g/mol. The van der Waals surface area contributed by atoms with Gasteiger partial charge in [-0.3, -0.25) is 4.68 Å². The molecule has 0 radical (unpaired) electrons. The van der Waals surface area contributed by atoms with Crippen LogP contribution < -0.4 is 10.6 Å². The summed E-state index contributed by atoms with van der Waals surface area (Å²) in [6, 6.07) is 11.1. The maximum atomic E-state index is 4.79. The van der Waals surface area contributed by atoms with E-state index in [1.807, 2.05) is 23.1 Å². The van der Waals surface area contributed by atoms with Crippen LogP contribution in [0.1, 0.15) is 50.2 Å². The third-order valence-corrected chi connectivity index (χ3v) is 4.61. The minimum Gasteiger partial charge on any atom is -0.357 e. The highest BCUT2D eigenvalue weighted by molar-refractivity contribution is 5.80. The number of guanidine groups is 1. The van der Waals surface area contributed by atoms with E-state index in [9.17, 15) is 0 Å².